The quantitative estimate of drug-likeness (QED) is 0.758. The van der Waals surface area contributed by atoms with Crippen molar-refractivity contribution < 1.29 is 4.79 Å². The van der Waals surface area contributed by atoms with Crippen LogP contribution in [0, 0.1) is 0 Å². The number of rotatable bonds is 7. The van der Waals surface area contributed by atoms with Crippen LogP contribution in [0.1, 0.15) is 20.3 Å². The van der Waals surface area contributed by atoms with Gasteiger partial charge in [0.1, 0.15) is 5.54 Å². The van der Waals surface area contributed by atoms with Crippen LogP contribution >= 0.6 is 23.4 Å². The van der Waals surface area contributed by atoms with Crippen LogP contribution in [0.5, 0.6) is 0 Å². The molecule has 1 unspecified atom stereocenters. The van der Waals surface area contributed by atoms with Crippen LogP contribution in [0.4, 0.5) is 0 Å². The Morgan fingerprint density at radius 2 is 2.17 bits per heavy atom. The molecule has 0 aliphatic rings. The number of hydrogen-bond acceptors (Lipinski definition) is 3. The van der Waals surface area contributed by atoms with Crippen LogP contribution in [0.25, 0.3) is 0 Å². The number of carbonyl (C=O) groups excluding carboxylic acids is 1. The first-order valence-corrected chi connectivity index (χ1v) is 7.28. The summed E-state index contributed by atoms with van der Waals surface area (Å²) in [4.78, 5) is 12.5. The average molecular weight is 287 g/mol. The van der Waals surface area contributed by atoms with Gasteiger partial charge in [0.25, 0.3) is 0 Å². The van der Waals surface area contributed by atoms with E-state index in [2.05, 4.69) is 12.2 Å². The molecule has 1 aromatic rings. The Balaban J connectivity index is 2.68. The minimum absolute atomic E-state index is 0.337. The molecular weight excluding hydrogens is 268 g/mol. The first-order chi connectivity index (χ1) is 8.49. The van der Waals surface area contributed by atoms with E-state index in [4.69, 9.17) is 17.3 Å². The van der Waals surface area contributed by atoms with Crippen molar-refractivity contribution in [1.29, 1.82) is 0 Å². The maximum atomic E-state index is 11.5. The third kappa shape index (κ3) is 4.19. The highest BCUT2D eigenvalue weighted by molar-refractivity contribution is 7.99. The third-order valence-corrected chi connectivity index (χ3v) is 4.49. The second kappa shape index (κ2) is 7.02. The molecule has 0 saturated carbocycles. The smallest absolute Gasteiger partial charge is 0.238 e. The largest absolute Gasteiger partial charge is 0.368 e. The van der Waals surface area contributed by atoms with E-state index in [9.17, 15) is 4.79 Å². The number of hydrogen-bond donors (Lipinski definition) is 2. The standard InChI is InChI=1S/C13H19ClN2OS/c1-3-8-16-13(2,12(15)17)9-18-11-7-5-4-6-10(11)14/h4-7,16H,3,8-9H2,1-2H3,(H2,15,17). The molecule has 0 fully saturated rings. The number of nitrogens with two attached hydrogens (primary N) is 1. The van der Waals surface area contributed by atoms with E-state index < -0.39 is 5.54 Å². The fourth-order valence-corrected chi connectivity index (χ4v) is 2.76. The van der Waals surface area contributed by atoms with E-state index in [1.165, 1.54) is 11.8 Å². The first kappa shape index (κ1) is 15.3. The molecule has 1 rings (SSSR count). The Hall–Kier alpha value is -0.710. The molecule has 18 heavy (non-hydrogen) atoms. The Morgan fingerprint density at radius 3 is 2.72 bits per heavy atom. The van der Waals surface area contributed by atoms with Crippen LogP contribution in [-0.4, -0.2) is 23.7 Å². The predicted octanol–water partition coefficient (Wildman–Crippen LogP) is 2.68. The lowest BCUT2D eigenvalue weighted by molar-refractivity contribution is -0.122. The lowest BCUT2D eigenvalue weighted by Crippen LogP contribution is -2.55. The highest BCUT2D eigenvalue weighted by Gasteiger charge is 2.30. The summed E-state index contributed by atoms with van der Waals surface area (Å²) in [7, 11) is 0. The molecule has 3 N–H and O–H groups in total. The van der Waals surface area contributed by atoms with E-state index in [1.54, 1.807) is 0 Å². The summed E-state index contributed by atoms with van der Waals surface area (Å²) >= 11 is 7.62. The van der Waals surface area contributed by atoms with Crippen molar-refractivity contribution in [1.82, 2.24) is 5.32 Å². The number of benzene rings is 1. The SMILES string of the molecule is CCCNC(C)(CSc1ccccc1Cl)C(N)=O. The molecule has 1 aromatic carbocycles. The van der Waals surface area contributed by atoms with Crippen molar-refractivity contribution in [2.75, 3.05) is 12.3 Å². The average Bonchev–Trinajstić information content (AvgIpc) is 2.35. The molecule has 100 valence electrons. The van der Waals surface area contributed by atoms with Gasteiger partial charge in [-0.05, 0) is 32.0 Å². The van der Waals surface area contributed by atoms with Crippen molar-refractivity contribution in [3.63, 3.8) is 0 Å². The summed E-state index contributed by atoms with van der Waals surface area (Å²) in [5.41, 5.74) is 4.76. The normalized spacial score (nSPS) is 14.2. The molecule has 0 radical (unpaired) electrons. The number of halogens is 1. The van der Waals surface area contributed by atoms with Gasteiger partial charge in [-0.3, -0.25) is 4.79 Å². The number of amides is 1. The summed E-state index contributed by atoms with van der Waals surface area (Å²) in [6, 6.07) is 7.59. The molecule has 0 aliphatic carbocycles. The monoisotopic (exact) mass is 286 g/mol. The molecule has 0 spiro atoms. The van der Waals surface area contributed by atoms with Crippen molar-refractivity contribution in [3.8, 4) is 0 Å². The molecule has 0 saturated heterocycles. The second-order valence-electron chi connectivity index (χ2n) is 4.34. The van der Waals surface area contributed by atoms with Gasteiger partial charge in [-0.25, -0.2) is 0 Å². The van der Waals surface area contributed by atoms with Crippen LogP contribution < -0.4 is 11.1 Å². The fraction of sp³-hybridized carbons (Fsp3) is 0.462. The molecule has 1 atom stereocenters. The summed E-state index contributed by atoms with van der Waals surface area (Å²) < 4.78 is 0. The van der Waals surface area contributed by atoms with Crippen LogP contribution in [0.2, 0.25) is 5.02 Å². The Labute approximate surface area is 117 Å². The van der Waals surface area contributed by atoms with E-state index in [0.717, 1.165) is 17.9 Å². The van der Waals surface area contributed by atoms with Gasteiger partial charge in [0.15, 0.2) is 0 Å². The van der Waals surface area contributed by atoms with Crippen LogP contribution in [0.3, 0.4) is 0 Å². The molecule has 5 heteroatoms. The van der Waals surface area contributed by atoms with Crippen molar-refractivity contribution in [3.05, 3.63) is 29.3 Å². The Bertz CT molecular complexity index is 414. The molecule has 0 aliphatic heterocycles. The maximum absolute atomic E-state index is 11.5. The summed E-state index contributed by atoms with van der Waals surface area (Å²) in [5.74, 6) is 0.224. The van der Waals surface area contributed by atoms with Gasteiger partial charge >= 0.3 is 0 Å². The molecule has 1 amide bonds. The minimum atomic E-state index is -0.708. The van der Waals surface area contributed by atoms with Gasteiger partial charge < -0.3 is 11.1 Å². The van der Waals surface area contributed by atoms with Crippen molar-refractivity contribution in [2.24, 2.45) is 5.73 Å². The van der Waals surface area contributed by atoms with Gasteiger partial charge in [0.2, 0.25) is 5.91 Å². The van der Waals surface area contributed by atoms with Gasteiger partial charge in [-0.1, -0.05) is 30.7 Å². The Morgan fingerprint density at radius 1 is 1.50 bits per heavy atom. The van der Waals surface area contributed by atoms with Gasteiger partial charge in [0.05, 0.1) is 5.02 Å². The molecule has 3 nitrogen and oxygen atoms in total. The zero-order chi connectivity index (χ0) is 13.6. The van der Waals surface area contributed by atoms with E-state index in [-0.39, 0.29) is 5.91 Å². The van der Waals surface area contributed by atoms with Crippen LogP contribution in [0.15, 0.2) is 29.2 Å². The summed E-state index contributed by atoms with van der Waals surface area (Å²) in [6.45, 7) is 4.65. The summed E-state index contributed by atoms with van der Waals surface area (Å²) in [6.07, 6.45) is 0.958. The van der Waals surface area contributed by atoms with Gasteiger partial charge in [0, 0.05) is 10.6 Å². The maximum Gasteiger partial charge on any atom is 0.238 e. The summed E-state index contributed by atoms with van der Waals surface area (Å²) in [5, 5.41) is 3.90. The first-order valence-electron chi connectivity index (χ1n) is 5.92. The van der Waals surface area contributed by atoms with Crippen molar-refractivity contribution in [2.45, 2.75) is 30.7 Å². The van der Waals surface area contributed by atoms with E-state index >= 15 is 0 Å². The number of primary amides is 1. The van der Waals surface area contributed by atoms with E-state index in [0.29, 0.717) is 10.8 Å². The highest BCUT2D eigenvalue weighted by Crippen LogP contribution is 2.29. The predicted molar refractivity (Wildman–Crippen MR) is 78.1 cm³/mol. The molecule has 0 aromatic heterocycles. The third-order valence-electron chi connectivity index (χ3n) is 2.66. The van der Waals surface area contributed by atoms with Gasteiger partial charge in [-0.15, -0.1) is 11.8 Å². The highest BCUT2D eigenvalue weighted by atomic mass is 35.5. The lowest BCUT2D eigenvalue weighted by Gasteiger charge is -2.27. The van der Waals surface area contributed by atoms with E-state index in [1.807, 2.05) is 31.2 Å². The number of nitrogens with one attached hydrogen (secondary N) is 1. The topological polar surface area (TPSA) is 55.1 Å². The minimum Gasteiger partial charge on any atom is -0.368 e. The van der Waals surface area contributed by atoms with Crippen LogP contribution in [-0.2, 0) is 4.79 Å². The zero-order valence-corrected chi connectivity index (χ0v) is 12.3. The second-order valence-corrected chi connectivity index (χ2v) is 5.77. The van der Waals surface area contributed by atoms with Crippen molar-refractivity contribution >= 4 is 29.3 Å². The molecular formula is C13H19ClN2OS. The molecule has 0 bridgehead atoms. The lowest BCUT2D eigenvalue weighted by atomic mass is 10.1. The zero-order valence-electron chi connectivity index (χ0n) is 10.7. The Kier molecular flexibility index (Phi) is 5.99. The fourth-order valence-electron chi connectivity index (χ4n) is 1.39. The number of thioether (sulfide) groups is 1. The van der Waals surface area contributed by atoms with Gasteiger partial charge in [-0.2, -0.15) is 0 Å². The molecule has 0 heterocycles. The number of carbonyl (C=O) groups is 1.